The summed E-state index contributed by atoms with van der Waals surface area (Å²) in [5, 5.41) is 10.7. The Labute approximate surface area is 156 Å². The van der Waals surface area contributed by atoms with E-state index in [1.54, 1.807) is 36.3 Å². The molecule has 3 rings (SSSR count). The number of nitro benzene ring substituents is 1. The molecule has 2 aromatic rings. The van der Waals surface area contributed by atoms with Gasteiger partial charge in [0.2, 0.25) is 0 Å². The van der Waals surface area contributed by atoms with E-state index in [4.69, 9.17) is 0 Å². The Hall–Kier alpha value is -2.41. The van der Waals surface area contributed by atoms with E-state index in [-0.39, 0.29) is 11.6 Å². The molecule has 0 aliphatic carbocycles. The predicted octanol–water partition coefficient (Wildman–Crippen LogP) is 4.15. The number of pyridine rings is 1. The zero-order valence-electron chi connectivity index (χ0n) is 14.6. The van der Waals surface area contributed by atoms with E-state index in [2.05, 4.69) is 11.9 Å². The molecule has 1 aromatic carbocycles. The number of carbonyl (C=O) groups excluding carboxylic acids is 1. The normalized spacial score (nSPS) is 15.0. The van der Waals surface area contributed by atoms with Gasteiger partial charge in [-0.3, -0.25) is 19.9 Å². The molecular weight excluding hydrogens is 350 g/mol. The van der Waals surface area contributed by atoms with Gasteiger partial charge in [0.1, 0.15) is 0 Å². The first-order valence-electron chi connectivity index (χ1n) is 8.63. The van der Waals surface area contributed by atoms with Crippen LogP contribution in [0.5, 0.6) is 0 Å². The maximum absolute atomic E-state index is 12.6. The standard InChI is InChI=1S/C19H21N3O3S/c1-14-6-8-21(9-7-14)19(23)16-10-15(11-20-12-16)13-26-18-4-2-17(3-5-18)22(24)25/h2-5,10-12,14H,6-9,13H2,1H3. The second-order valence-corrected chi connectivity index (χ2v) is 7.65. The second-order valence-electron chi connectivity index (χ2n) is 6.60. The molecule has 0 N–H and O–H groups in total. The van der Waals surface area contributed by atoms with Crippen LogP contribution in [0.2, 0.25) is 0 Å². The number of benzene rings is 1. The Bertz CT molecular complexity index is 787. The van der Waals surface area contributed by atoms with Gasteiger partial charge in [0.15, 0.2) is 0 Å². The van der Waals surface area contributed by atoms with Gasteiger partial charge < -0.3 is 4.90 Å². The fraction of sp³-hybridized carbons (Fsp3) is 0.368. The SMILES string of the molecule is CC1CCN(C(=O)c2cncc(CSc3ccc([N+](=O)[O-])cc3)c2)CC1. The molecule has 6 nitrogen and oxygen atoms in total. The summed E-state index contributed by atoms with van der Waals surface area (Å²) in [5.41, 5.74) is 1.67. The largest absolute Gasteiger partial charge is 0.339 e. The fourth-order valence-corrected chi connectivity index (χ4v) is 3.73. The van der Waals surface area contributed by atoms with Crippen molar-refractivity contribution in [1.29, 1.82) is 0 Å². The first kappa shape index (κ1) is 18.4. The number of hydrogen-bond acceptors (Lipinski definition) is 5. The quantitative estimate of drug-likeness (QED) is 0.448. The third kappa shape index (κ3) is 4.60. The molecule has 1 aliphatic rings. The molecule has 1 aliphatic heterocycles. The molecule has 0 unspecified atom stereocenters. The average Bonchev–Trinajstić information content (AvgIpc) is 2.67. The fourth-order valence-electron chi connectivity index (χ4n) is 2.91. The number of hydrogen-bond donors (Lipinski definition) is 0. The highest BCUT2D eigenvalue weighted by Crippen LogP contribution is 2.25. The summed E-state index contributed by atoms with van der Waals surface area (Å²) in [4.78, 5) is 30.0. The van der Waals surface area contributed by atoms with Gasteiger partial charge in [0.05, 0.1) is 10.5 Å². The predicted molar refractivity (Wildman–Crippen MR) is 101 cm³/mol. The van der Waals surface area contributed by atoms with Crippen molar-refractivity contribution in [1.82, 2.24) is 9.88 Å². The molecule has 0 bridgehead atoms. The Morgan fingerprint density at radius 1 is 1.27 bits per heavy atom. The summed E-state index contributed by atoms with van der Waals surface area (Å²) < 4.78 is 0. The van der Waals surface area contributed by atoms with Crippen molar-refractivity contribution in [2.45, 2.75) is 30.4 Å². The minimum Gasteiger partial charge on any atom is -0.339 e. The topological polar surface area (TPSA) is 76.3 Å². The summed E-state index contributed by atoms with van der Waals surface area (Å²) in [7, 11) is 0. The van der Waals surface area contributed by atoms with Crippen LogP contribution in [0.25, 0.3) is 0 Å². The van der Waals surface area contributed by atoms with Gasteiger partial charge in [-0.1, -0.05) is 6.92 Å². The van der Waals surface area contributed by atoms with E-state index in [0.29, 0.717) is 17.2 Å². The van der Waals surface area contributed by atoms with Crippen LogP contribution in [0.1, 0.15) is 35.7 Å². The number of nitro groups is 1. The third-order valence-electron chi connectivity index (χ3n) is 4.57. The monoisotopic (exact) mass is 371 g/mol. The summed E-state index contributed by atoms with van der Waals surface area (Å²) in [5.74, 6) is 1.39. The zero-order chi connectivity index (χ0) is 18.5. The van der Waals surface area contributed by atoms with E-state index in [0.717, 1.165) is 36.4 Å². The minimum atomic E-state index is -0.408. The Morgan fingerprint density at radius 2 is 1.96 bits per heavy atom. The highest BCUT2D eigenvalue weighted by Gasteiger charge is 2.21. The van der Waals surface area contributed by atoms with Crippen molar-refractivity contribution in [3.8, 4) is 0 Å². The van der Waals surface area contributed by atoms with Gasteiger partial charge >= 0.3 is 0 Å². The summed E-state index contributed by atoms with van der Waals surface area (Å²) >= 11 is 1.56. The summed E-state index contributed by atoms with van der Waals surface area (Å²) in [6.45, 7) is 3.84. The van der Waals surface area contributed by atoms with E-state index in [1.165, 1.54) is 12.1 Å². The highest BCUT2D eigenvalue weighted by atomic mass is 32.2. The smallest absolute Gasteiger partial charge is 0.269 e. The highest BCUT2D eigenvalue weighted by molar-refractivity contribution is 7.98. The number of aromatic nitrogens is 1. The second kappa shape index (κ2) is 8.31. The average molecular weight is 371 g/mol. The lowest BCUT2D eigenvalue weighted by molar-refractivity contribution is -0.384. The lowest BCUT2D eigenvalue weighted by Gasteiger charge is -2.30. The van der Waals surface area contributed by atoms with Crippen LogP contribution in [-0.4, -0.2) is 33.8 Å². The number of amides is 1. The van der Waals surface area contributed by atoms with Gasteiger partial charge in [-0.2, -0.15) is 0 Å². The minimum absolute atomic E-state index is 0.0478. The molecule has 1 amide bonds. The molecule has 1 fully saturated rings. The number of rotatable bonds is 5. The zero-order valence-corrected chi connectivity index (χ0v) is 15.4. The molecule has 7 heteroatoms. The lowest BCUT2D eigenvalue weighted by atomic mass is 9.99. The molecule has 0 radical (unpaired) electrons. The van der Waals surface area contributed by atoms with Crippen molar-refractivity contribution in [3.63, 3.8) is 0 Å². The number of non-ortho nitro benzene ring substituents is 1. The van der Waals surface area contributed by atoms with Crippen LogP contribution in [-0.2, 0) is 5.75 Å². The van der Waals surface area contributed by atoms with Crippen LogP contribution in [0.15, 0.2) is 47.6 Å². The Kier molecular flexibility index (Phi) is 5.88. The Morgan fingerprint density at radius 3 is 2.62 bits per heavy atom. The van der Waals surface area contributed by atoms with Crippen LogP contribution in [0.3, 0.4) is 0 Å². The van der Waals surface area contributed by atoms with E-state index in [9.17, 15) is 14.9 Å². The van der Waals surface area contributed by atoms with Crippen molar-refractivity contribution >= 4 is 23.4 Å². The summed E-state index contributed by atoms with van der Waals surface area (Å²) in [6, 6.07) is 8.36. The molecule has 1 aromatic heterocycles. The molecule has 0 spiro atoms. The number of nitrogens with zero attached hydrogens (tertiary/aromatic N) is 3. The molecule has 1 saturated heterocycles. The molecule has 0 saturated carbocycles. The van der Waals surface area contributed by atoms with Gasteiger partial charge in [-0.25, -0.2) is 0 Å². The maximum atomic E-state index is 12.6. The van der Waals surface area contributed by atoms with Crippen molar-refractivity contribution < 1.29 is 9.72 Å². The third-order valence-corrected chi connectivity index (χ3v) is 5.65. The molecular formula is C19H21N3O3S. The van der Waals surface area contributed by atoms with Crippen molar-refractivity contribution in [2.75, 3.05) is 13.1 Å². The molecule has 136 valence electrons. The molecule has 2 heterocycles. The first-order chi connectivity index (χ1) is 12.5. The molecule has 0 atom stereocenters. The van der Waals surface area contributed by atoms with Crippen LogP contribution in [0, 0.1) is 16.0 Å². The van der Waals surface area contributed by atoms with Crippen LogP contribution in [0.4, 0.5) is 5.69 Å². The van der Waals surface area contributed by atoms with E-state index >= 15 is 0 Å². The van der Waals surface area contributed by atoms with Crippen LogP contribution < -0.4 is 0 Å². The number of thioether (sulfide) groups is 1. The van der Waals surface area contributed by atoms with Crippen molar-refractivity contribution in [2.24, 2.45) is 5.92 Å². The number of likely N-dealkylation sites (tertiary alicyclic amines) is 1. The van der Waals surface area contributed by atoms with E-state index < -0.39 is 4.92 Å². The first-order valence-corrected chi connectivity index (χ1v) is 9.62. The summed E-state index contributed by atoms with van der Waals surface area (Å²) in [6.07, 6.45) is 5.48. The number of piperidine rings is 1. The lowest BCUT2D eigenvalue weighted by Crippen LogP contribution is -2.37. The van der Waals surface area contributed by atoms with E-state index in [1.807, 2.05) is 11.0 Å². The Balaban J connectivity index is 1.62. The maximum Gasteiger partial charge on any atom is 0.269 e. The van der Waals surface area contributed by atoms with Crippen molar-refractivity contribution in [3.05, 3.63) is 64.0 Å². The van der Waals surface area contributed by atoms with Gasteiger partial charge in [-0.05, 0) is 42.5 Å². The molecule has 26 heavy (non-hydrogen) atoms. The van der Waals surface area contributed by atoms with Gasteiger partial charge in [0.25, 0.3) is 11.6 Å². The van der Waals surface area contributed by atoms with Gasteiger partial charge in [-0.15, -0.1) is 11.8 Å². The van der Waals surface area contributed by atoms with Crippen LogP contribution >= 0.6 is 11.8 Å². The van der Waals surface area contributed by atoms with Gasteiger partial charge in [0, 0.05) is 48.3 Å². The number of carbonyl (C=O) groups is 1.